The van der Waals surface area contributed by atoms with Crippen LogP contribution in [0.3, 0.4) is 0 Å². The van der Waals surface area contributed by atoms with E-state index in [9.17, 15) is 13.2 Å². The molecular weight excluding hydrogens is 271 g/mol. The smallest absolute Gasteiger partial charge is 0.374 e. The Hall–Kier alpha value is -0.330. The third-order valence-electron chi connectivity index (χ3n) is 4.06. The minimum atomic E-state index is -4.23. The summed E-state index contributed by atoms with van der Waals surface area (Å²) in [5, 5.41) is 3.42. The number of ether oxygens (including phenoxy) is 2. The summed E-state index contributed by atoms with van der Waals surface area (Å²) < 4.78 is 47.1. The molecule has 0 aromatic heterocycles. The van der Waals surface area contributed by atoms with E-state index in [1.165, 1.54) is 0 Å². The summed E-state index contributed by atoms with van der Waals surface area (Å²) in [6.45, 7) is 1.73. The van der Waals surface area contributed by atoms with Crippen LogP contribution in [-0.4, -0.2) is 43.7 Å². The van der Waals surface area contributed by atoms with Crippen LogP contribution in [0.4, 0.5) is 13.2 Å². The van der Waals surface area contributed by atoms with Crippen LogP contribution in [0, 0.1) is 0 Å². The van der Waals surface area contributed by atoms with Gasteiger partial charge in [-0.05, 0) is 45.4 Å². The average Bonchev–Trinajstić information content (AvgIpc) is 2.80. The van der Waals surface area contributed by atoms with E-state index in [-0.39, 0.29) is 18.2 Å². The van der Waals surface area contributed by atoms with Crippen LogP contribution in [0.15, 0.2) is 0 Å². The molecule has 3 nitrogen and oxygen atoms in total. The average molecular weight is 295 g/mol. The molecule has 4 atom stereocenters. The molecule has 0 aromatic rings. The number of hydrogen-bond acceptors (Lipinski definition) is 3. The van der Waals surface area contributed by atoms with Crippen molar-refractivity contribution in [1.29, 1.82) is 0 Å². The highest BCUT2D eigenvalue weighted by Gasteiger charge is 2.31. The van der Waals surface area contributed by atoms with Crippen molar-refractivity contribution in [3.8, 4) is 0 Å². The molecule has 0 aromatic carbocycles. The Bertz CT molecular complexity index is 299. The predicted octanol–water partition coefficient (Wildman–Crippen LogP) is 3.03. The van der Waals surface area contributed by atoms with Crippen molar-refractivity contribution in [1.82, 2.24) is 5.32 Å². The van der Waals surface area contributed by atoms with E-state index in [0.717, 1.165) is 38.6 Å². The summed E-state index contributed by atoms with van der Waals surface area (Å²) in [6, 6.07) is 0.251. The largest absolute Gasteiger partial charge is 0.411 e. The van der Waals surface area contributed by atoms with Gasteiger partial charge in [0.05, 0.1) is 18.3 Å². The second-order valence-corrected chi connectivity index (χ2v) is 5.97. The zero-order valence-corrected chi connectivity index (χ0v) is 11.9. The first-order valence-electron chi connectivity index (χ1n) is 7.49. The Balaban J connectivity index is 1.65. The molecule has 1 aliphatic heterocycles. The Labute approximate surface area is 118 Å². The van der Waals surface area contributed by atoms with E-state index in [2.05, 4.69) is 12.2 Å². The van der Waals surface area contributed by atoms with Crippen LogP contribution in [0.5, 0.6) is 0 Å². The summed E-state index contributed by atoms with van der Waals surface area (Å²) in [6.07, 6.45) is 1.56. The van der Waals surface area contributed by atoms with E-state index in [4.69, 9.17) is 9.47 Å². The fourth-order valence-corrected chi connectivity index (χ4v) is 3.03. The van der Waals surface area contributed by atoms with Crippen LogP contribution in [-0.2, 0) is 9.47 Å². The molecule has 2 rings (SSSR count). The second-order valence-electron chi connectivity index (χ2n) is 5.97. The van der Waals surface area contributed by atoms with Crippen molar-refractivity contribution in [2.45, 2.75) is 76.0 Å². The lowest BCUT2D eigenvalue weighted by Gasteiger charge is -2.30. The molecule has 4 unspecified atom stereocenters. The Morgan fingerprint density at radius 2 is 2.00 bits per heavy atom. The van der Waals surface area contributed by atoms with Gasteiger partial charge in [-0.3, -0.25) is 0 Å². The highest BCUT2D eigenvalue weighted by Crippen LogP contribution is 2.25. The molecule has 1 heterocycles. The zero-order chi connectivity index (χ0) is 14.6. The molecular formula is C14H24F3NO2. The van der Waals surface area contributed by atoms with Gasteiger partial charge < -0.3 is 14.8 Å². The maximum absolute atomic E-state index is 12.1. The van der Waals surface area contributed by atoms with E-state index in [0.29, 0.717) is 12.5 Å². The molecule has 0 bridgehead atoms. The van der Waals surface area contributed by atoms with Crippen molar-refractivity contribution in [3.63, 3.8) is 0 Å². The highest BCUT2D eigenvalue weighted by atomic mass is 19.4. The van der Waals surface area contributed by atoms with Gasteiger partial charge in [0.1, 0.15) is 6.61 Å². The predicted molar refractivity (Wildman–Crippen MR) is 69.6 cm³/mol. The number of halogens is 3. The minimum absolute atomic E-state index is 0.251. The van der Waals surface area contributed by atoms with Gasteiger partial charge in [-0.25, -0.2) is 0 Å². The van der Waals surface area contributed by atoms with Gasteiger partial charge in [-0.1, -0.05) is 0 Å². The summed E-state index contributed by atoms with van der Waals surface area (Å²) >= 11 is 0. The Kier molecular flexibility index (Phi) is 5.69. The van der Waals surface area contributed by atoms with Crippen LogP contribution < -0.4 is 5.32 Å². The zero-order valence-electron chi connectivity index (χ0n) is 11.9. The third-order valence-corrected chi connectivity index (χ3v) is 4.06. The molecule has 0 amide bonds. The van der Waals surface area contributed by atoms with Gasteiger partial charge >= 0.3 is 6.18 Å². The van der Waals surface area contributed by atoms with Crippen molar-refractivity contribution in [3.05, 3.63) is 0 Å². The molecule has 1 saturated heterocycles. The maximum Gasteiger partial charge on any atom is 0.411 e. The molecule has 20 heavy (non-hydrogen) atoms. The van der Waals surface area contributed by atoms with Gasteiger partial charge in [-0.2, -0.15) is 13.2 Å². The monoisotopic (exact) mass is 295 g/mol. The van der Waals surface area contributed by atoms with Gasteiger partial charge in [0, 0.05) is 12.6 Å². The third kappa shape index (κ3) is 5.58. The van der Waals surface area contributed by atoms with E-state index in [1.807, 2.05) is 0 Å². The molecule has 1 aliphatic carbocycles. The van der Waals surface area contributed by atoms with E-state index >= 15 is 0 Å². The standard InChI is InChI=1S/C14H24F3NO2/c1-10-5-6-13(20-10)8-18-11-3-2-4-12(7-11)19-9-14(15,16)17/h10-13,18H,2-9H2,1H3. The van der Waals surface area contributed by atoms with Gasteiger partial charge in [0.25, 0.3) is 0 Å². The number of nitrogens with one attached hydrogen (secondary N) is 1. The normalized spacial score (nSPS) is 35.4. The van der Waals surface area contributed by atoms with Crippen molar-refractivity contribution in [2.24, 2.45) is 0 Å². The molecule has 6 heteroatoms. The molecule has 1 N–H and O–H groups in total. The molecule has 0 radical (unpaired) electrons. The molecule has 2 fully saturated rings. The maximum atomic E-state index is 12.1. The van der Waals surface area contributed by atoms with Crippen LogP contribution in [0.25, 0.3) is 0 Å². The lowest BCUT2D eigenvalue weighted by Crippen LogP contribution is -2.41. The minimum Gasteiger partial charge on any atom is -0.374 e. The number of alkyl halides is 3. The van der Waals surface area contributed by atoms with Crippen LogP contribution in [0.2, 0.25) is 0 Å². The van der Waals surface area contributed by atoms with Crippen LogP contribution >= 0.6 is 0 Å². The SMILES string of the molecule is CC1CCC(CNC2CCCC(OCC(F)(F)F)C2)O1. The highest BCUT2D eigenvalue weighted by molar-refractivity contribution is 4.81. The van der Waals surface area contributed by atoms with E-state index in [1.54, 1.807) is 0 Å². The fourth-order valence-electron chi connectivity index (χ4n) is 3.03. The second kappa shape index (κ2) is 7.09. The first-order chi connectivity index (χ1) is 9.42. The molecule has 0 spiro atoms. The lowest BCUT2D eigenvalue weighted by atomic mass is 9.92. The Morgan fingerprint density at radius 3 is 2.65 bits per heavy atom. The summed E-state index contributed by atoms with van der Waals surface area (Å²) in [4.78, 5) is 0. The van der Waals surface area contributed by atoms with Gasteiger partial charge in [-0.15, -0.1) is 0 Å². The fraction of sp³-hybridized carbons (Fsp3) is 1.00. The lowest BCUT2D eigenvalue weighted by molar-refractivity contribution is -0.188. The van der Waals surface area contributed by atoms with Crippen LogP contribution in [0.1, 0.15) is 45.4 Å². The number of hydrogen-bond donors (Lipinski definition) is 1. The molecule has 118 valence electrons. The quantitative estimate of drug-likeness (QED) is 0.845. The van der Waals surface area contributed by atoms with Gasteiger partial charge in [0.15, 0.2) is 0 Å². The Morgan fingerprint density at radius 1 is 1.20 bits per heavy atom. The number of rotatable bonds is 5. The summed E-state index contributed by atoms with van der Waals surface area (Å²) in [5.74, 6) is 0. The molecule has 1 saturated carbocycles. The summed E-state index contributed by atoms with van der Waals surface area (Å²) in [7, 11) is 0. The van der Waals surface area contributed by atoms with Gasteiger partial charge in [0.2, 0.25) is 0 Å². The van der Waals surface area contributed by atoms with Crippen molar-refractivity contribution in [2.75, 3.05) is 13.2 Å². The topological polar surface area (TPSA) is 30.5 Å². The van der Waals surface area contributed by atoms with Crippen molar-refractivity contribution < 1.29 is 22.6 Å². The van der Waals surface area contributed by atoms with Crippen molar-refractivity contribution >= 4 is 0 Å². The molecule has 2 aliphatic rings. The first-order valence-corrected chi connectivity index (χ1v) is 7.49. The first kappa shape index (κ1) is 16.0. The van der Waals surface area contributed by atoms with E-state index < -0.39 is 12.8 Å². The summed E-state index contributed by atoms with van der Waals surface area (Å²) in [5.41, 5.74) is 0.